The van der Waals surface area contributed by atoms with E-state index in [4.69, 9.17) is 0 Å². The Kier molecular flexibility index (Phi) is 6.78. The summed E-state index contributed by atoms with van der Waals surface area (Å²) in [6.45, 7) is 2.83. The van der Waals surface area contributed by atoms with Gasteiger partial charge >= 0.3 is 0 Å². The fourth-order valence-electron chi connectivity index (χ4n) is 3.06. The molecule has 2 aromatic rings. The van der Waals surface area contributed by atoms with Gasteiger partial charge in [0, 0.05) is 32.9 Å². The Hall–Kier alpha value is -3.57. The Morgan fingerprint density at radius 2 is 2.00 bits per heavy atom. The molecule has 2 N–H and O–H groups in total. The summed E-state index contributed by atoms with van der Waals surface area (Å²) in [4.78, 5) is 32.2. The summed E-state index contributed by atoms with van der Waals surface area (Å²) < 4.78 is 41.6. The average molecular weight is 437 g/mol. The molecule has 0 spiro atoms. The molecule has 1 aliphatic rings. The van der Waals surface area contributed by atoms with Crippen molar-refractivity contribution >= 4 is 29.1 Å². The molecule has 9 nitrogen and oxygen atoms in total. The molecule has 166 valence electrons. The molecule has 0 radical (unpaired) electrons. The predicted octanol–water partition coefficient (Wildman–Crippen LogP) is 1.09. The summed E-state index contributed by atoms with van der Waals surface area (Å²) in [5.41, 5.74) is 0.214. The van der Waals surface area contributed by atoms with Crippen molar-refractivity contribution in [1.29, 1.82) is 0 Å². The number of piperazine rings is 1. The van der Waals surface area contributed by atoms with Crippen LogP contribution in [0.25, 0.3) is 0 Å². The quantitative estimate of drug-likeness (QED) is 0.415. The van der Waals surface area contributed by atoms with Crippen LogP contribution in [-0.2, 0) is 16.6 Å². The van der Waals surface area contributed by atoms with Gasteiger partial charge in [0.15, 0.2) is 23.4 Å². The smallest absolute Gasteiger partial charge is 0.246 e. The molecule has 1 fully saturated rings. The van der Waals surface area contributed by atoms with E-state index >= 15 is 0 Å². The summed E-state index contributed by atoms with van der Waals surface area (Å²) in [7, 11) is 1.76. The Bertz CT molecular complexity index is 1010. The number of aryl methyl sites for hydroxylation is 1. The highest BCUT2D eigenvalue weighted by atomic mass is 19.2. The second kappa shape index (κ2) is 9.49. The van der Waals surface area contributed by atoms with Crippen LogP contribution in [0.4, 0.5) is 24.5 Å². The van der Waals surface area contributed by atoms with Crippen molar-refractivity contribution in [3.8, 4) is 0 Å². The highest BCUT2D eigenvalue weighted by Crippen LogP contribution is 2.19. The lowest BCUT2D eigenvalue weighted by atomic mass is 10.2. The summed E-state index contributed by atoms with van der Waals surface area (Å²) in [5, 5.41) is 9.23. The minimum Gasteiger partial charge on any atom is -0.356 e. The van der Waals surface area contributed by atoms with E-state index in [1.807, 2.05) is 6.92 Å². The van der Waals surface area contributed by atoms with E-state index < -0.39 is 35.6 Å². The number of nitrogens with one attached hydrogen (secondary N) is 2. The van der Waals surface area contributed by atoms with Crippen LogP contribution in [-0.4, -0.2) is 65.2 Å². The maximum Gasteiger partial charge on any atom is 0.246 e. The average Bonchev–Trinajstić information content (AvgIpc) is 3.17. The largest absolute Gasteiger partial charge is 0.356 e. The molecule has 0 atom stereocenters. The van der Waals surface area contributed by atoms with Crippen LogP contribution in [0.3, 0.4) is 0 Å². The molecular formula is C19H22F3N7O2. The van der Waals surface area contributed by atoms with Crippen LogP contribution >= 0.6 is 0 Å². The monoisotopic (exact) mass is 437 g/mol. The van der Waals surface area contributed by atoms with Gasteiger partial charge in [0.1, 0.15) is 13.1 Å². The molecular weight excluding hydrogens is 415 g/mol. The lowest BCUT2D eigenvalue weighted by Crippen LogP contribution is -2.55. The normalized spacial score (nSPS) is 14.7. The fourth-order valence-corrected chi connectivity index (χ4v) is 3.06. The van der Waals surface area contributed by atoms with E-state index in [1.165, 1.54) is 0 Å². The number of benzene rings is 1. The summed E-state index contributed by atoms with van der Waals surface area (Å²) in [6.07, 6.45) is 3.35. The molecule has 3 rings (SSSR count). The number of nitrogens with zero attached hydrogens (tertiary/aromatic N) is 5. The van der Waals surface area contributed by atoms with Crippen molar-refractivity contribution in [2.75, 3.05) is 42.9 Å². The predicted molar refractivity (Wildman–Crippen MR) is 108 cm³/mol. The fraction of sp³-hybridized carbons (Fsp3) is 0.368. The van der Waals surface area contributed by atoms with Crippen LogP contribution in [0.1, 0.15) is 6.92 Å². The van der Waals surface area contributed by atoms with Crippen molar-refractivity contribution in [3.05, 3.63) is 42.0 Å². The van der Waals surface area contributed by atoms with Crippen molar-refractivity contribution < 1.29 is 22.8 Å². The van der Waals surface area contributed by atoms with Gasteiger partial charge in [0.05, 0.1) is 17.6 Å². The Morgan fingerprint density at radius 1 is 1.23 bits per heavy atom. The Morgan fingerprint density at radius 3 is 2.65 bits per heavy atom. The van der Waals surface area contributed by atoms with Gasteiger partial charge in [0.2, 0.25) is 11.8 Å². The summed E-state index contributed by atoms with van der Waals surface area (Å²) in [5.74, 6) is -5.04. The third-order valence-corrected chi connectivity index (χ3v) is 4.54. The number of rotatable bonds is 5. The van der Waals surface area contributed by atoms with Crippen LogP contribution in [0.2, 0.25) is 0 Å². The molecule has 1 aromatic carbocycles. The second-order valence-corrected chi connectivity index (χ2v) is 6.78. The Balaban J connectivity index is 1.64. The zero-order valence-corrected chi connectivity index (χ0v) is 17.0. The van der Waals surface area contributed by atoms with Gasteiger partial charge in [-0.25, -0.2) is 18.2 Å². The molecule has 0 bridgehead atoms. The maximum absolute atomic E-state index is 13.7. The first-order valence-corrected chi connectivity index (χ1v) is 9.55. The van der Waals surface area contributed by atoms with E-state index in [-0.39, 0.29) is 12.5 Å². The zero-order chi connectivity index (χ0) is 22.5. The maximum atomic E-state index is 13.7. The standard InChI is InChI=1S/C19H22F3N7O2/c1-3-23-19(24-9-15(30)26-14-5-4-13(20)17(21)18(14)22)28-6-7-29(16(31)11-28)12-8-25-27(2)10-12/h4-5,8,10H,3,6-7,9,11H2,1-2H3,(H,23,24)(H,26,30). The number of halogens is 3. The number of anilines is 2. The van der Waals surface area contributed by atoms with Gasteiger partial charge in [-0.05, 0) is 19.1 Å². The van der Waals surface area contributed by atoms with Crippen LogP contribution in [0.5, 0.6) is 0 Å². The molecule has 31 heavy (non-hydrogen) atoms. The van der Waals surface area contributed by atoms with Crippen molar-refractivity contribution in [3.63, 3.8) is 0 Å². The molecule has 0 aliphatic carbocycles. The molecule has 0 saturated carbocycles. The van der Waals surface area contributed by atoms with Crippen molar-refractivity contribution in [1.82, 2.24) is 20.0 Å². The van der Waals surface area contributed by atoms with Gasteiger partial charge < -0.3 is 20.4 Å². The molecule has 0 unspecified atom stereocenters. The first kappa shape index (κ1) is 22.1. The van der Waals surface area contributed by atoms with E-state index in [9.17, 15) is 22.8 Å². The number of aromatic nitrogens is 2. The molecule has 12 heteroatoms. The SMILES string of the molecule is CCNC(=NCC(=O)Nc1ccc(F)c(F)c1F)N1CCN(c2cnn(C)c2)C(=O)C1. The number of guanidine groups is 1. The third-order valence-electron chi connectivity index (χ3n) is 4.54. The highest BCUT2D eigenvalue weighted by molar-refractivity contribution is 5.99. The van der Waals surface area contributed by atoms with E-state index in [0.717, 1.165) is 6.07 Å². The number of hydrogen-bond donors (Lipinski definition) is 2. The second-order valence-electron chi connectivity index (χ2n) is 6.78. The molecule has 2 amide bonds. The minimum atomic E-state index is -1.67. The van der Waals surface area contributed by atoms with E-state index in [0.29, 0.717) is 37.3 Å². The summed E-state index contributed by atoms with van der Waals surface area (Å²) in [6, 6.07) is 1.64. The lowest BCUT2D eigenvalue weighted by Gasteiger charge is -2.35. The minimum absolute atomic E-state index is 0.0418. The van der Waals surface area contributed by atoms with E-state index in [2.05, 4.69) is 20.7 Å². The van der Waals surface area contributed by atoms with Crippen LogP contribution in [0, 0.1) is 17.5 Å². The van der Waals surface area contributed by atoms with Crippen molar-refractivity contribution in [2.24, 2.45) is 12.0 Å². The van der Waals surface area contributed by atoms with Gasteiger partial charge in [-0.1, -0.05) is 0 Å². The first-order valence-electron chi connectivity index (χ1n) is 9.55. The van der Waals surface area contributed by atoms with E-state index in [1.54, 1.807) is 33.9 Å². The molecule has 1 aromatic heterocycles. The van der Waals surface area contributed by atoms with Crippen LogP contribution in [0.15, 0.2) is 29.5 Å². The number of aliphatic imine (C=N–C) groups is 1. The number of carbonyl (C=O) groups excluding carboxylic acids is 2. The molecule has 1 aliphatic heterocycles. The van der Waals surface area contributed by atoms with Crippen LogP contribution < -0.4 is 15.5 Å². The van der Waals surface area contributed by atoms with Gasteiger partial charge in [-0.3, -0.25) is 14.3 Å². The molecule has 2 heterocycles. The summed E-state index contributed by atoms with van der Waals surface area (Å²) >= 11 is 0. The van der Waals surface area contributed by atoms with Gasteiger partial charge in [-0.15, -0.1) is 0 Å². The zero-order valence-electron chi connectivity index (χ0n) is 17.0. The molecule has 1 saturated heterocycles. The lowest BCUT2D eigenvalue weighted by molar-refractivity contribution is -0.120. The van der Waals surface area contributed by atoms with Gasteiger partial charge in [-0.2, -0.15) is 5.10 Å². The number of amides is 2. The highest BCUT2D eigenvalue weighted by Gasteiger charge is 2.27. The topological polar surface area (TPSA) is 94.9 Å². The Labute approximate surface area is 176 Å². The third kappa shape index (κ3) is 5.13. The van der Waals surface area contributed by atoms with Crippen molar-refractivity contribution in [2.45, 2.75) is 6.92 Å². The first-order chi connectivity index (χ1) is 14.8. The van der Waals surface area contributed by atoms with Gasteiger partial charge in [0.25, 0.3) is 0 Å². The number of carbonyl (C=O) groups is 2. The number of hydrogen-bond acceptors (Lipinski definition) is 4.